The summed E-state index contributed by atoms with van der Waals surface area (Å²) in [4.78, 5) is 0. The molecule has 0 amide bonds. The number of benzene rings is 2. The standard InChI is InChI=1S/C44H72/c1-11-21-31-32(22-12-2)36(26-16-6)42-40(30-20-10)44-38(28-18-8)34(24-14-4)33(23-13-3)37(27-17-7)43(44)39(29-19-9)41(42)35(31)25-15-5/h39-40H,11-30H2,1-10H3. The minimum atomic E-state index is 0.574. The van der Waals surface area contributed by atoms with E-state index in [1.54, 1.807) is 22.3 Å². The summed E-state index contributed by atoms with van der Waals surface area (Å²) in [6, 6.07) is 0. The average Bonchev–Trinajstić information content (AvgIpc) is 3.01. The molecule has 0 heteroatoms. The molecule has 0 spiro atoms. The Morgan fingerprint density at radius 3 is 0.591 bits per heavy atom. The second-order valence-electron chi connectivity index (χ2n) is 14.2. The van der Waals surface area contributed by atoms with Gasteiger partial charge < -0.3 is 0 Å². The molecule has 0 unspecified atom stereocenters. The zero-order valence-electron chi connectivity index (χ0n) is 31.3. The maximum absolute atomic E-state index is 2.47. The summed E-state index contributed by atoms with van der Waals surface area (Å²) in [6.07, 6.45) is 25.3. The first kappa shape index (κ1) is 36.9. The summed E-state index contributed by atoms with van der Waals surface area (Å²) in [6.45, 7) is 24.4. The summed E-state index contributed by atoms with van der Waals surface area (Å²) in [7, 11) is 0. The van der Waals surface area contributed by atoms with Crippen molar-refractivity contribution in [3.63, 3.8) is 0 Å². The molecule has 0 aromatic heterocycles. The minimum Gasteiger partial charge on any atom is -0.0653 e. The van der Waals surface area contributed by atoms with Gasteiger partial charge in [0.2, 0.25) is 0 Å². The molecule has 0 saturated carbocycles. The van der Waals surface area contributed by atoms with Crippen LogP contribution in [0.5, 0.6) is 0 Å². The lowest BCUT2D eigenvalue weighted by Crippen LogP contribution is -2.29. The lowest BCUT2D eigenvalue weighted by molar-refractivity contribution is 0.579. The fourth-order valence-electron chi connectivity index (χ4n) is 9.41. The van der Waals surface area contributed by atoms with Crippen molar-refractivity contribution < 1.29 is 0 Å². The van der Waals surface area contributed by atoms with E-state index in [4.69, 9.17) is 0 Å². The van der Waals surface area contributed by atoms with Crippen LogP contribution in [0.1, 0.15) is 225 Å². The first-order valence-electron chi connectivity index (χ1n) is 19.9. The Morgan fingerprint density at radius 2 is 0.432 bits per heavy atom. The summed E-state index contributed by atoms with van der Waals surface area (Å²) in [5, 5.41) is 0. The van der Waals surface area contributed by atoms with Crippen LogP contribution >= 0.6 is 0 Å². The monoisotopic (exact) mass is 601 g/mol. The van der Waals surface area contributed by atoms with Gasteiger partial charge >= 0.3 is 0 Å². The Bertz CT molecular complexity index is 998. The lowest BCUT2D eigenvalue weighted by atomic mass is 9.60. The maximum Gasteiger partial charge on any atom is 0.0101 e. The average molecular weight is 601 g/mol. The third-order valence-electron chi connectivity index (χ3n) is 10.6. The van der Waals surface area contributed by atoms with Gasteiger partial charge in [0.1, 0.15) is 0 Å². The molecule has 2 aromatic rings. The first-order valence-corrected chi connectivity index (χ1v) is 19.9. The molecular formula is C44H72. The molecule has 1 aliphatic carbocycles. The van der Waals surface area contributed by atoms with Gasteiger partial charge in [-0.15, -0.1) is 0 Å². The largest absolute Gasteiger partial charge is 0.0653 e. The number of hydrogen-bond acceptors (Lipinski definition) is 0. The molecule has 0 radical (unpaired) electrons. The van der Waals surface area contributed by atoms with Gasteiger partial charge in [-0.1, -0.05) is 133 Å². The first-order chi connectivity index (χ1) is 21.5. The molecule has 0 fully saturated rings. The maximum atomic E-state index is 2.47. The van der Waals surface area contributed by atoms with E-state index >= 15 is 0 Å². The lowest BCUT2D eigenvalue weighted by Gasteiger charge is -2.43. The number of fused-ring (bicyclic) bond motifs is 2. The minimum absolute atomic E-state index is 0.574. The zero-order chi connectivity index (χ0) is 32.2. The number of hydrogen-bond donors (Lipinski definition) is 0. The van der Waals surface area contributed by atoms with Crippen molar-refractivity contribution in [2.45, 2.75) is 209 Å². The van der Waals surface area contributed by atoms with Crippen LogP contribution in [0.25, 0.3) is 0 Å². The third-order valence-corrected chi connectivity index (χ3v) is 10.6. The van der Waals surface area contributed by atoms with E-state index in [-0.39, 0.29) is 0 Å². The highest BCUT2D eigenvalue weighted by atomic mass is 14.4. The SMILES string of the molecule is CCCc1c(CCC)c(CCC)c2c(c1CCC)C(CCC)c1c(CCC)c(CCC)c(CCC)c(CCC)c1C2CCC. The Hall–Kier alpha value is -1.56. The van der Waals surface area contributed by atoms with E-state index in [2.05, 4.69) is 69.2 Å². The molecule has 0 heterocycles. The van der Waals surface area contributed by atoms with Gasteiger partial charge in [-0.2, -0.15) is 0 Å². The van der Waals surface area contributed by atoms with Crippen LogP contribution < -0.4 is 0 Å². The third kappa shape index (κ3) is 7.36. The molecule has 248 valence electrons. The van der Waals surface area contributed by atoms with Crippen LogP contribution in [-0.2, 0) is 51.4 Å². The molecule has 0 saturated heterocycles. The Kier molecular flexibility index (Phi) is 15.6. The highest BCUT2D eigenvalue weighted by Gasteiger charge is 2.40. The molecule has 0 N–H and O–H groups in total. The fourth-order valence-corrected chi connectivity index (χ4v) is 9.41. The highest BCUT2D eigenvalue weighted by Crippen LogP contribution is 2.55. The number of rotatable bonds is 20. The van der Waals surface area contributed by atoms with E-state index in [1.165, 1.54) is 128 Å². The van der Waals surface area contributed by atoms with Crippen LogP contribution in [-0.4, -0.2) is 0 Å². The molecule has 0 aliphatic heterocycles. The van der Waals surface area contributed by atoms with Crippen LogP contribution in [0.15, 0.2) is 0 Å². The second kappa shape index (κ2) is 18.6. The van der Waals surface area contributed by atoms with Gasteiger partial charge in [0.05, 0.1) is 0 Å². The zero-order valence-corrected chi connectivity index (χ0v) is 31.3. The van der Waals surface area contributed by atoms with Gasteiger partial charge in [-0.05, 0) is 131 Å². The Balaban J connectivity index is 2.72. The van der Waals surface area contributed by atoms with Crippen molar-refractivity contribution >= 4 is 0 Å². The van der Waals surface area contributed by atoms with Crippen LogP contribution in [0, 0.1) is 0 Å². The summed E-state index contributed by atoms with van der Waals surface area (Å²) in [5.74, 6) is 1.15. The predicted molar refractivity (Wildman–Crippen MR) is 198 cm³/mol. The van der Waals surface area contributed by atoms with E-state index in [0.29, 0.717) is 11.8 Å². The van der Waals surface area contributed by atoms with Crippen molar-refractivity contribution in [2.24, 2.45) is 0 Å². The van der Waals surface area contributed by atoms with Crippen LogP contribution in [0.4, 0.5) is 0 Å². The normalized spacial score (nSPS) is 16.0. The summed E-state index contributed by atoms with van der Waals surface area (Å²) in [5.41, 5.74) is 21.8. The van der Waals surface area contributed by atoms with Crippen molar-refractivity contribution in [3.8, 4) is 0 Å². The Morgan fingerprint density at radius 1 is 0.250 bits per heavy atom. The fraction of sp³-hybridized carbons (Fsp3) is 0.727. The summed E-state index contributed by atoms with van der Waals surface area (Å²) >= 11 is 0. The van der Waals surface area contributed by atoms with Gasteiger partial charge in [-0.3, -0.25) is 0 Å². The van der Waals surface area contributed by atoms with E-state index in [9.17, 15) is 0 Å². The quantitative estimate of drug-likeness (QED) is 0.142. The van der Waals surface area contributed by atoms with Crippen molar-refractivity contribution in [1.82, 2.24) is 0 Å². The molecule has 0 bridgehead atoms. The second-order valence-corrected chi connectivity index (χ2v) is 14.2. The predicted octanol–water partition coefficient (Wildman–Crippen LogP) is 13.5. The molecule has 0 atom stereocenters. The van der Waals surface area contributed by atoms with E-state index < -0.39 is 0 Å². The van der Waals surface area contributed by atoms with Crippen LogP contribution in [0.3, 0.4) is 0 Å². The molecule has 3 rings (SSSR count). The van der Waals surface area contributed by atoms with Gasteiger partial charge in [0, 0.05) is 11.8 Å². The summed E-state index contributed by atoms with van der Waals surface area (Å²) < 4.78 is 0. The van der Waals surface area contributed by atoms with Gasteiger partial charge in [-0.25, -0.2) is 0 Å². The molecule has 2 aromatic carbocycles. The topological polar surface area (TPSA) is 0 Å². The van der Waals surface area contributed by atoms with Crippen molar-refractivity contribution in [3.05, 3.63) is 66.8 Å². The molecule has 0 nitrogen and oxygen atoms in total. The van der Waals surface area contributed by atoms with E-state index in [0.717, 1.165) is 0 Å². The van der Waals surface area contributed by atoms with Crippen LogP contribution in [0.2, 0.25) is 0 Å². The molecular weight excluding hydrogens is 528 g/mol. The molecule has 1 aliphatic rings. The van der Waals surface area contributed by atoms with Crippen molar-refractivity contribution in [2.75, 3.05) is 0 Å². The smallest absolute Gasteiger partial charge is 0.0101 e. The highest BCUT2D eigenvalue weighted by molar-refractivity contribution is 5.68. The van der Waals surface area contributed by atoms with E-state index in [1.807, 2.05) is 44.5 Å². The van der Waals surface area contributed by atoms with Crippen molar-refractivity contribution in [1.29, 1.82) is 0 Å². The van der Waals surface area contributed by atoms with Gasteiger partial charge in [0.25, 0.3) is 0 Å². The Labute approximate surface area is 275 Å². The molecule has 44 heavy (non-hydrogen) atoms. The van der Waals surface area contributed by atoms with Gasteiger partial charge in [0.15, 0.2) is 0 Å².